The number of aromatic hydroxyl groups is 1. The van der Waals surface area contributed by atoms with Crippen molar-refractivity contribution in [1.29, 1.82) is 0 Å². The van der Waals surface area contributed by atoms with E-state index in [0.29, 0.717) is 0 Å². The molecule has 3 N–H and O–H groups in total. The third-order valence-corrected chi connectivity index (χ3v) is 3.50. The number of pyridine rings is 1. The molecule has 0 bridgehead atoms. The van der Waals surface area contributed by atoms with Crippen molar-refractivity contribution in [2.75, 3.05) is 6.61 Å². The number of aliphatic hydroxyl groups is 1. The third kappa shape index (κ3) is 2.79. The van der Waals surface area contributed by atoms with Crippen molar-refractivity contribution in [3.05, 3.63) is 24.0 Å². The molecule has 98 valence electrons. The average Bonchev–Trinajstić information content (AvgIpc) is 2.39. The van der Waals surface area contributed by atoms with Crippen LogP contribution in [0.25, 0.3) is 0 Å². The second kappa shape index (κ2) is 5.82. The van der Waals surface area contributed by atoms with Gasteiger partial charge in [-0.3, -0.25) is 9.78 Å². The normalized spacial score (nSPS) is 23.6. The van der Waals surface area contributed by atoms with Gasteiger partial charge < -0.3 is 15.5 Å². The Balaban J connectivity index is 2.04. The van der Waals surface area contributed by atoms with Gasteiger partial charge in [0.05, 0.1) is 11.8 Å². The molecule has 2 atom stereocenters. The van der Waals surface area contributed by atoms with Gasteiger partial charge in [0.15, 0.2) is 0 Å². The summed E-state index contributed by atoms with van der Waals surface area (Å²) in [5, 5.41) is 21.7. The fourth-order valence-electron chi connectivity index (χ4n) is 2.44. The SMILES string of the molecule is O=C(NC1CCCCC1CO)c1ccncc1O. The van der Waals surface area contributed by atoms with E-state index in [1.165, 1.54) is 18.5 Å². The molecular formula is C13H18N2O3. The van der Waals surface area contributed by atoms with Crippen molar-refractivity contribution < 1.29 is 15.0 Å². The molecule has 0 radical (unpaired) electrons. The van der Waals surface area contributed by atoms with Crippen LogP contribution in [-0.4, -0.2) is 33.8 Å². The minimum Gasteiger partial charge on any atom is -0.505 e. The Bertz CT molecular complexity index is 422. The summed E-state index contributed by atoms with van der Waals surface area (Å²) in [4.78, 5) is 15.7. The second-order valence-corrected chi connectivity index (χ2v) is 4.70. The van der Waals surface area contributed by atoms with Crippen molar-refractivity contribution in [3.63, 3.8) is 0 Å². The average molecular weight is 250 g/mol. The molecule has 1 aliphatic rings. The zero-order valence-corrected chi connectivity index (χ0v) is 10.2. The monoisotopic (exact) mass is 250 g/mol. The van der Waals surface area contributed by atoms with Gasteiger partial charge in [-0.1, -0.05) is 12.8 Å². The Morgan fingerprint density at radius 1 is 1.44 bits per heavy atom. The molecule has 1 aromatic heterocycles. The van der Waals surface area contributed by atoms with Crippen molar-refractivity contribution in [2.24, 2.45) is 5.92 Å². The van der Waals surface area contributed by atoms with Crippen LogP contribution in [0.3, 0.4) is 0 Å². The van der Waals surface area contributed by atoms with Crippen LogP contribution < -0.4 is 5.32 Å². The van der Waals surface area contributed by atoms with E-state index >= 15 is 0 Å². The molecule has 1 aromatic rings. The van der Waals surface area contributed by atoms with Gasteiger partial charge in [0.25, 0.3) is 5.91 Å². The molecule has 0 aromatic carbocycles. The van der Waals surface area contributed by atoms with Gasteiger partial charge >= 0.3 is 0 Å². The van der Waals surface area contributed by atoms with E-state index in [2.05, 4.69) is 10.3 Å². The first kappa shape index (κ1) is 12.8. The Morgan fingerprint density at radius 3 is 2.94 bits per heavy atom. The standard InChI is InChI=1S/C13H18N2O3/c16-8-9-3-1-2-4-11(9)15-13(18)10-5-6-14-7-12(10)17/h5-7,9,11,16-17H,1-4,8H2,(H,15,18). The highest BCUT2D eigenvalue weighted by Gasteiger charge is 2.26. The molecule has 5 nitrogen and oxygen atoms in total. The van der Waals surface area contributed by atoms with Gasteiger partial charge in [0.1, 0.15) is 5.75 Å². The Hall–Kier alpha value is -1.62. The lowest BCUT2D eigenvalue weighted by atomic mass is 9.85. The van der Waals surface area contributed by atoms with E-state index in [9.17, 15) is 15.0 Å². The predicted molar refractivity (Wildman–Crippen MR) is 66.2 cm³/mol. The Kier molecular flexibility index (Phi) is 4.15. The summed E-state index contributed by atoms with van der Waals surface area (Å²) >= 11 is 0. The van der Waals surface area contributed by atoms with Crippen LogP contribution in [0.4, 0.5) is 0 Å². The number of aliphatic hydroxyl groups excluding tert-OH is 1. The van der Waals surface area contributed by atoms with Crippen LogP contribution in [-0.2, 0) is 0 Å². The minimum absolute atomic E-state index is 0.0104. The highest BCUT2D eigenvalue weighted by atomic mass is 16.3. The fraction of sp³-hybridized carbons (Fsp3) is 0.538. The van der Waals surface area contributed by atoms with Gasteiger partial charge in [-0.05, 0) is 18.9 Å². The van der Waals surface area contributed by atoms with Gasteiger partial charge in [-0.15, -0.1) is 0 Å². The Morgan fingerprint density at radius 2 is 2.22 bits per heavy atom. The number of aromatic nitrogens is 1. The highest BCUT2D eigenvalue weighted by Crippen LogP contribution is 2.24. The maximum Gasteiger partial charge on any atom is 0.255 e. The fourth-order valence-corrected chi connectivity index (χ4v) is 2.44. The first-order valence-corrected chi connectivity index (χ1v) is 6.27. The van der Waals surface area contributed by atoms with Crippen LogP contribution in [0.5, 0.6) is 5.75 Å². The van der Waals surface area contributed by atoms with Crippen molar-refractivity contribution in [3.8, 4) is 5.75 Å². The van der Waals surface area contributed by atoms with Crippen LogP contribution in [0.1, 0.15) is 36.0 Å². The zero-order valence-electron chi connectivity index (χ0n) is 10.2. The van der Waals surface area contributed by atoms with E-state index in [4.69, 9.17) is 0 Å². The summed E-state index contributed by atoms with van der Waals surface area (Å²) in [5.74, 6) is -0.307. The maximum atomic E-state index is 12.0. The number of rotatable bonds is 3. The number of nitrogens with zero attached hydrogens (tertiary/aromatic N) is 1. The van der Waals surface area contributed by atoms with Gasteiger partial charge in [-0.2, -0.15) is 0 Å². The summed E-state index contributed by atoms with van der Waals surface area (Å²) in [7, 11) is 0. The van der Waals surface area contributed by atoms with Gasteiger partial charge in [-0.25, -0.2) is 0 Å². The second-order valence-electron chi connectivity index (χ2n) is 4.70. The van der Waals surface area contributed by atoms with E-state index in [1.807, 2.05) is 0 Å². The summed E-state index contributed by atoms with van der Waals surface area (Å²) in [6, 6.07) is 1.48. The molecular weight excluding hydrogens is 232 g/mol. The minimum atomic E-state index is -0.305. The molecule has 1 heterocycles. The number of hydrogen-bond donors (Lipinski definition) is 3. The van der Waals surface area contributed by atoms with Crippen LogP contribution in [0.2, 0.25) is 0 Å². The van der Waals surface area contributed by atoms with Gasteiger partial charge in [0, 0.05) is 24.8 Å². The van der Waals surface area contributed by atoms with Crippen molar-refractivity contribution in [1.82, 2.24) is 10.3 Å². The molecule has 0 aliphatic heterocycles. The lowest BCUT2D eigenvalue weighted by Gasteiger charge is -2.30. The summed E-state index contributed by atoms with van der Waals surface area (Å²) in [5.41, 5.74) is 0.229. The Labute approximate surface area is 106 Å². The quantitative estimate of drug-likeness (QED) is 0.749. The molecule has 2 rings (SSSR count). The van der Waals surface area contributed by atoms with Crippen molar-refractivity contribution >= 4 is 5.91 Å². The number of nitrogens with one attached hydrogen (secondary N) is 1. The van der Waals surface area contributed by atoms with E-state index < -0.39 is 0 Å². The summed E-state index contributed by atoms with van der Waals surface area (Å²) < 4.78 is 0. The topological polar surface area (TPSA) is 82.5 Å². The molecule has 1 amide bonds. The molecule has 1 fully saturated rings. The number of carbonyl (C=O) groups is 1. The molecule has 2 unspecified atom stereocenters. The highest BCUT2D eigenvalue weighted by molar-refractivity contribution is 5.96. The first-order chi connectivity index (χ1) is 8.72. The summed E-state index contributed by atoms with van der Waals surface area (Å²) in [6.07, 6.45) is 6.69. The summed E-state index contributed by atoms with van der Waals surface area (Å²) in [6.45, 7) is 0.0905. The van der Waals surface area contributed by atoms with Crippen molar-refractivity contribution in [2.45, 2.75) is 31.7 Å². The lowest BCUT2D eigenvalue weighted by molar-refractivity contribution is 0.0870. The number of carbonyl (C=O) groups excluding carboxylic acids is 1. The first-order valence-electron chi connectivity index (χ1n) is 6.27. The van der Waals surface area contributed by atoms with E-state index in [0.717, 1.165) is 25.7 Å². The number of amides is 1. The molecule has 0 saturated heterocycles. The van der Waals surface area contributed by atoms with Crippen LogP contribution in [0.15, 0.2) is 18.5 Å². The van der Waals surface area contributed by atoms with E-state index in [-0.39, 0.29) is 35.8 Å². The third-order valence-electron chi connectivity index (χ3n) is 3.50. The smallest absolute Gasteiger partial charge is 0.255 e. The number of hydrogen-bond acceptors (Lipinski definition) is 4. The molecule has 5 heteroatoms. The van der Waals surface area contributed by atoms with Gasteiger partial charge in [0.2, 0.25) is 0 Å². The predicted octanol–water partition coefficient (Wildman–Crippen LogP) is 1.07. The maximum absolute atomic E-state index is 12.0. The lowest BCUT2D eigenvalue weighted by Crippen LogP contribution is -2.43. The molecule has 0 spiro atoms. The van der Waals surface area contributed by atoms with E-state index in [1.54, 1.807) is 0 Å². The molecule has 1 saturated carbocycles. The van der Waals surface area contributed by atoms with Crippen LogP contribution >= 0.6 is 0 Å². The largest absolute Gasteiger partial charge is 0.505 e. The zero-order chi connectivity index (χ0) is 13.0. The van der Waals surface area contributed by atoms with Crippen LogP contribution in [0, 0.1) is 5.92 Å². The molecule has 18 heavy (non-hydrogen) atoms. The molecule has 1 aliphatic carbocycles.